The molecule has 0 bridgehead atoms. The van der Waals surface area contributed by atoms with Gasteiger partial charge in [-0.3, -0.25) is 9.69 Å². The lowest BCUT2D eigenvalue weighted by atomic mass is 9.98. The Balaban J connectivity index is 3.14. The summed E-state index contributed by atoms with van der Waals surface area (Å²) in [7, 11) is -0.516. The third kappa shape index (κ3) is 5.82. The van der Waals surface area contributed by atoms with Gasteiger partial charge in [-0.05, 0) is 63.2 Å². The number of ketones is 1. The van der Waals surface area contributed by atoms with Gasteiger partial charge in [0.25, 0.3) is 0 Å². The van der Waals surface area contributed by atoms with Crippen LogP contribution in [0.5, 0.6) is 5.75 Å². The summed E-state index contributed by atoms with van der Waals surface area (Å²) < 4.78 is 11.4. The van der Waals surface area contributed by atoms with Crippen molar-refractivity contribution >= 4 is 20.2 Å². The first-order chi connectivity index (χ1) is 12.6. The largest absolute Gasteiger partial charge is 0.544 e. The lowest BCUT2D eigenvalue weighted by molar-refractivity contribution is 0.0311. The van der Waals surface area contributed by atoms with Crippen LogP contribution in [0.4, 0.5) is 4.79 Å². The molecule has 0 saturated carbocycles. The summed E-state index contributed by atoms with van der Waals surface area (Å²) >= 11 is 0. The average Bonchev–Trinajstić information content (AvgIpc) is 2.51. The van der Waals surface area contributed by atoms with Gasteiger partial charge in [-0.25, -0.2) is 4.79 Å². The molecule has 0 aliphatic carbocycles. The zero-order valence-corrected chi connectivity index (χ0v) is 19.6. The Bertz CT molecular complexity index is 686. The molecule has 1 aromatic carbocycles. The molecule has 7 heteroatoms. The molecule has 0 heterocycles. The number of hydrogen-bond acceptors (Lipinski definition) is 4. The Morgan fingerprint density at radius 1 is 1.07 bits per heavy atom. The fourth-order valence-corrected chi connectivity index (χ4v) is 3.67. The van der Waals surface area contributed by atoms with Crippen LogP contribution in [-0.2, 0) is 4.74 Å². The average molecular weight is 410 g/mol. The second-order valence-electron chi connectivity index (χ2n) is 9.55. The maximum atomic E-state index is 13.1. The van der Waals surface area contributed by atoms with Crippen molar-refractivity contribution in [2.24, 2.45) is 0 Å². The van der Waals surface area contributed by atoms with Crippen molar-refractivity contribution < 1.29 is 23.9 Å². The normalized spacial score (nSPS) is 13.8. The number of ether oxygens (including phenoxy) is 1. The number of benzene rings is 1. The molecule has 28 heavy (non-hydrogen) atoms. The quantitative estimate of drug-likeness (QED) is 0.504. The van der Waals surface area contributed by atoms with E-state index in [1.807, 2.05) is 0 Å². The first kappa shape index (κ1) is 24.2. The van der Waals surface area contributed by atoms with Gasteiger partial charge in [0.1, 0.15) is 11.8 Å². The first-order valence-corrected chi connectivity index (χ1v) is 12.4. The standard InChI is InChI=1S/C21H35NO5Si/c1-20(2,3)22(19(24)25)17(14-26-7)18(23)15-10-12-16(13-11-15)27-28(8,9)21(4,5)6/h10-13,17H,14H2,1-9H3,(H,24,25)/t17-/m0/s1. The summed E-state index contributed by atoms with van der Waals surface area (Å²) in [5.41, 5.74) is -0.309. The van der Waals surface area contributed by atoms with E-state index < -0.39 is 26.0 Å². The van der Waals surface area contributed by atoms with Crippen molar-refractivity contribution in [2.45, 2.75) is 71.3 Å². The molecule has 1 amide bonds. The predicted octanol–water partition coefficient (Wildman–Crippen LogP) is 5.05. The number of rotatable bonds is 7. The number of hydrogen-bond donors (Lipinski definition) is 1. The minimum atomic E-state index is -1.97. The fraction of sp³-hybridized carbons (Fsp3) is 0.619. The van der Waals surface area contributed by atoms with Crippen molar-refractivity contribution in [3.63, 3.8) is 0 Å². The highest BCUT2D eigenvalue weighted by Gasteiger charge is 2.40. The number of carbonyl (C=O) groups is 2. The lowest BCUT2D eigenvalue weighted by Crippen LogP contribution is -2.55. The molecule has 0 aliphatic rings. The van der Waals surface area contributed by atoms with E-state index in [2.05, 4.69) is 33.9 Å². The van der Waals surface area contributed by atoms with Gasteiger partial charge < -0.3 is 14.3 Å². The molecule has 0 radical (unpaired) electrons. The highest BCUT2D eigenvalue weighted by molar-refractivity contribution is 6.74. The van der Waals surface area contributed by atoms with Gasteiger partial charge in [0.05, 0.1) is 6.61 Å². The van der Waals surface area contributed by atoms with Gasteiger partial charge in [-0.2, -0.15) is 0 Å². The lowest BCUT2D eigenvalue weighted by Gasteiger charge is -2.38. The second-order valence-corrected chi connectivity index (χ2v) is 14.3. The van der Waals surface area contributed by atoms with Crippen LogP contribution in [0.15, 0.2) is 24.3 Å². The summed E-state index contributed by atoms with van der Waals surface area (Å²) in [5, 5.41) is 9.72. The monoisotopic (exact) mass is 409 g/mol. The maximum absolute atomic E-state index is 13.1. The number of carbonyl (C=O) groups excluding carboxylic acids is 1. The highest BCUT2D eigenvalue weighted by atomic mass is 28.4. The Labute approximate surface area is 170 Å². The fourth-order valence-electron chi connectivity index (χ4n) is 2.64. The zero-order valence-electron chi connectivity index (χ0n) is 18.6. The van der Waals surface area contributed by atoms with Gasteiger partial charge in [0.15, 0.2) is 5.78 Å². The van der Waals surface area contributed by atoms with Crippen LogP contribution in [0.3, 0.4) is 0 Å². The molecule has 0 unspecified atom stereocenters. The van der Waals surface area contributed by atoms with E-state index in [0.29, 0.717) is 5.56 Å². The summed E-state index contributed by atoms with van der Waals surface area (Å²) in [6.45, 7) is 16.1. The first-order valence-electron chi connectivity index (χ1n) is 9.46. The van der Waals surface area contributed by atoms with Gasteiger partial charge in [0, 0.05) is 18.2 Å². The topological polar surface area (TPSA) is 76.1 Å². The van der Waals surface area contributed by atoms with Crippen molar-refractivity contribution in [2.75, 3.05) is 13.7 Å². The molecule has 1 atom stereocenters. The molecule has 0 aromatic heterocycles. The summed E-state index contributed by atoms with van der Waals surface area (Å²) in [4.78, 5) is 26.0. The van der Waals surface area contributed by atoms with E-state index >= 15 is 0 Å². The number of Topliss-reactive ketones (excluding diaryl/α,β-unsaturated/α-hetero) is 1. The van der Waals surface area contributed by atoms with Gasteiger partial charge >= 0.3 is 6.09 Å². The SMILES string of the molecule is COC[C@@H](C(=O)c1ccc(O[Si](C)(C)C(C)(C)C)cc1)N(C(=O)O)C(C)(C)C. The third-order valence-corrected chi connectivity index (χ3v) is 9.54. The molecule has 1 N–H and O–H groups in total. The third-order valence-electron chi connectivity index (χ3n) is 5.19. The molecular weight excluding hydrogens is 374 g/mol. The van der Waals surface area contributed by atoms with Crippen molar-refractivity contribution in [1.29, 1.82) is 0 Å². The molecule has 0 fully saturated rings. The second kappa shape index (κ2) is 8.65. The molecule has 0 spiro atoms. The van der Waals surface area contributed by atoms with Crippen molar-refractivity contribution in [3.05, 3.63) is 29.8 Å². The van der Waals surface area contributed by atoms with Crippen LogP contribution in [0, 0.1) is 0 Å². The van der Waals surface area contributed by atoms with E-state index in [0.717, 1.165) is 10.6 Å². The molecule has 1 aromatic rings. The minimum Gasteiger partial charge on any atom is -0.544 e. The van der Waals surface area contributed by atoms with E-state index in [4.69, 9.17) is 9.16 Å². The number of carboxylic acid groups (broad SMARTS) is 1. The van der Waals surface area contributed by atoms with Gasteiger partial charge in [-0.15, -0.1) is 0 Å². The minimum absolute atomic E-state index is 0.00930. The van der Waals surface area contributed by atoms with E-state index in [1.54, 1.807) is 45.0 Å². The number of methoxy groups -OCH3 is 1. The number of nitrogens with zero attached hydrogens (tertiary/aromatic N) is 1. The molecule has 0 aliphatic heterocycles. The van der Waals surface area contributed by atoms with E-state index in [-0.39, 0.29) is 17.4 Å². The Morgan fingerprint density at radius 2 is 1.57 bits per heavy atom. The van der Waals surface area contributed by atoms with Crippen LogP contribution in [0.25, 0.3) is 0 Å². The Hall–Kier alpha value is -1.86. The maximum Gasteiger partial charge on any atom is 0.408 e. The smallest absolute Gasteiger partial charge is 0.408 e. The summed E-state index contributed by atoms with van der Waals surface area (Å²) in [6.07, 6.45) is -1.15. The van der Waals surface area contributed by atoms with Crippen LogP contribution >= 0.6 is 0 Å². The van der Waals surface area contributed by atoms with Crippen LogP contribution in [0.2, 0.25) is 18.1 Å². The summed E-state index contributed by atoms with van der Waals surface area (Å²) in [6, 6.07) is 6.01. The summed E-state index contributed by atoms with van der Waals surface area (Å²) in [5.74, 6) is 0.426. The van der Waals surface area contributed by atoms with Crippen LogP contribution in [-0.4, -0.2) is 55.5 Å². The van der Waals surface area contributed by atoms with Crippen molar-refractivity contribution in [3.8, 4) is 5.75 Å². The Kier molecular flexibility index (Phi) is 7.47. The van der Waals surface area contributed by atoms with Gasteiger partial charge in [0.2, 0.25) is 8.32 Å². The molecule has 158 valence electrons. The van der Waals surface area contributed by atoms with Crippen molar-refractivity contribution in [1.82, 2.24) is 4.90 Å². The van der Waals surface area contributed by atoms with Crippen LogP contribution < -0.4 is 4.43 Å². The highest BCUT2D eigenvalue weighted by Crippen LogP contribution is 2.37. The molecule has 1 rings (SSSR count). The van der Waals surface area contributed by atoms with E-state index in [1.165, 1.54) is 7.11 Å². The number of amides is 1. The molecule has 0 saturated heterocycles. The zero-order chi connectivity index (χ0) is 21.9. The van der Waals surface area contributed by atoms with E-state index in [9.17, 15) is 14.7 Å². The predicted molar refractivity (Wildman–Crippen MR) is 114 cm³/mol. The molecule has 6 nitrogen and oxygen atoms in total. The molecular formula is C21H35NO5Si. The van der Waals surface area contributed by atoms with Gasteiger partial charge in [-0.1, -0.05) is 20.8 Å². The Morgan fingerprint density at radius 3 is 1.93 bits per heavy atom. The van der Waals surface area contributed by atoms with Crippen LogP contribution in [0.1, 0.15) is 51.9 Å².